The highest BCUT2D eigenvalue weighted by Gasteiger charge is 2.23. The molecule has 0 atom stereocenters. The largest absolute Gasteiger partial charge is 0.345 e. The molecule has 1 aromatic carbocycles. The number of nitrogens with zero attached hydrogens (tertiary/aromatic N) is 1. The third kappa shape index (κ3) is 4.07. The van der Waals surface area contributed by atoms with E-state index in [1.54, 1.807) is 6.92 Å². The van der Waals surface area contributed by atoms with Crippen LogP contribution in [0.25, 0.3) is 11.0 Å². The Bertz CT molecular complexity index is 1160. The molecule has 0 spiro atoms. The first-order valence-corrected chi connectivity index (χ1v) is 10.2. The second kappa shape index (κ2) is 7.72. The van der Waals surface area contributed by atoms with Crippen molar-refractivity contribution in [3.8, 4) is 0 Å². The van der Waals surface area contributed by atoms with E-state index in [2.05, 4.69) is 15.3 Å². The van der Waals surface area contributed by atoms with Gasteiger partial charge in [-0.05, 0) is 24.6 Å². The number of fused-ring (bicyclic) bond motifs is 1. The third-order valence-electron chi connectivity index (χ3n) is 3.79. The number of amides is 1. The zero-order valence-corrected chi connectivity index (χ0v) is 16.1. The van der Waals surface area contributed by atoms with Crippen LogP contribution >= 0.6 is 11.6 Å². The van der Waals surface area contributed by atoms with Gasteiger partial charge < -0.3 is 10.3 Å². The van der Waals surface area contributed by atoms with Crippen molar-refractivity contribution >= 4 is 49.9 Å². The second-order valence-corrected chi connectivity index (χ2v) is 8.16. The predicted molar refractivity (Wildman–Crippen MR) is 103 cm³/mol. The number of carbonyl (C=O) groups is 1. The molecular weight excluding hydrogens is 414 g/mol. The Balaban J connectivity index is 1.92. The minimum Gasteiger partial charge on any atom is -0.345 e. The molecule has 3 N–H and O–H groups in total. The molecule has 0 bridgehead atoms. The first-order valence-electron chi connectivity index (χ1n) is 8.14. The number of hydrogen-bond acceptors (Lipinski definition) is 4. The van der Waals surface area contributed by atoms with Crippen molar-refractivity contribution in [3.05, 3.63) is 52.8 Å². The molecule has 0 fully saturated rings. The fourth-order valence-corrected chi connectivity index (χ4v) is 3.89. The van der Waals surface area contributed by atoms with Crippen LogP contribution in [0.3, 0.4) is 0 Å². The van der Waals surface area contributed by atoms with Gasteiger partial charge in [-0.25, -0.2) is 22.2 Å². The summed E-state index contributed by atoms with van der Waals surface area (Å²) in [5, 5.41) is 3.21. The number of pyridine rings is 1. The number of nitrogens with one attached hydrogen (secondary N) is 3. The van der Waals surface area contributed by atoms with E-state index in [4.69, 9.17) is 11.6 Å². The number of carbonyl (C=O) groups excluding carboxylic acids is 1. The van der Waals surface area contributed by atoms with Crippen LogP contribution in [0.15, 0.2) is 30.6 Å². The molecule has 11 heteroatoms. The van der Waals surface area contributed by atoms with Crippen LogP contribution in [0.5, 0.6) is 0 Å². The Kier molecular flexibility index (Phi) is 5.52. The number of benzene rings is 1. The molecule has 2 heterocycles. The van der Waals surface area contributed by atoms with Gasteiger partial charge in [0.05, 0.1) is 28.3 Å². The number of H-pyrrole nitrogens is 1. The zero-order chi connectivity index (χ0) is 20.5. The molecule has 0 aliphatic carbocycles. The SMILES string of the molecule is CCCS(=O)(=O)Nc1ccc(F)c(C(=O)Nc2cnc3[nH]cc(Cl)c3c2)c1F. The highest BCUT2D eigenvalue weighted by molar-refractivity contribution is 7.92. The molecular formula is C17H15ClF2N4O3S. The molecule has 0 unspecified atom stereocenters. The molecule has 2 aromatic heterocycles. The molecule has 0 saturated carbocycles. The Hall–Kier alpha value is -2.72. The lowest BCUT2D eigenvalue weighted by molar-refractivity contribution is 0.101. The molecule has 3 rings (SSSR count). The van der Waals surface area contributed by atoms with Crippen molar-refractivity contribution in [3.63, 3.8) is 0 Å². The van der Waals surface area contributed by atoms with Gasteiger partial charge in [0.25, 0.3) is 5.91 Å². The summed E-state index contributed by atoms with van der Waals surface area (Å²) in [6.45, 7) is 1.64. The zero-order valence-electron chi connectivity index (χ0n) is 14.5. The van der Waals surface area contributed by atoms with E-state index in [1.165, 1.54) is 18.5 Å². The molecule has 0 radical (unpaired) electrons. The molecule has 28 heavy (non-hydrogen) atoms. The number of hydrogen-bond donors (Lipinski definition) is 3. The standard InChI is InChI=1S/C17H15ClF2N4O3S/c1-2-5-28(26,27)24-13-4-3-12(19)14(15(13)20)17(25)23-9-6-10-11(18)8-22-16(10)21-7-9/h3-4,6-8,24H,2,5H2,1H3,(H,21,22)(H,23,25). The summed E-state index contributed by atoms with van der Waals surface area (Å²) in [6.07, 6.45) is 3.11. The predicted octanol–water partition coefficient (Wildman–Crippen LogP) is 3.90. The molecule has 0 aliphatic heterocycles. The van der Waals surface area contributed by atoms with Crippen LogP contribution in [0, 0.1) is 11.6 Å². The van der Waals surface area contributed by atoms with Gasteiger partial charge in [0.15, 0.2) is 5.82 Å². The van der Waals surface area contributed by atoms with Crippen LogP contribution < -0.4 is 10.0 Å². The molecule has 0 saturated heterocycles. The van der Waals surface area contributed by atoms with E-state index in [0.29, 0.717) is 22.5 Å². The summed E-state index contributed by atoms with van der Waals surface area (Å²) in [5.74, 6) is -3.79. The van der Waals surface area contributed by atoms with Crippen molar-refractivity contribution in [2.75, 3.05) is 15.8 Å². The summed E-state index contributed by atoms with van der Waals surface area (Å²) >= 11 is 5.99. The summed E-state index contributed by atoms with van der Waals surface area (Å²) < 4.78 is 54.5. The summed E-state index contributed by atoms with van der Waals surface area (Å²) in [4.78, 5) is 19.3. The Morgan fingerprint density at radius 3 is 2.79 bits per heavy atom. The summed E-state index contributed by atoms with van der Waals surface area (Å²) in [7, 11) is -3.82. The third-order valence-corrected chi connectivity index (χ3v) is 5.58. The van der Waals surface area contributed by atoms with Crippen LogP contribution in [0.1, 0.15) is 23.7 Å². The number of aromatic nitrogens is 2. The van der Waals surface area contributed by atoms with E-state index in [9.17, 15) is 22.0 Å². The highest BCUT2D eigenvalue weighted by atomic mass is 35.5. The van der Waals surface area contributed by atoms with Gasteiger partial charge in [-0.15, -0.1) is 0 Å². The number of rotatable bonds is 6. The molecule has 3 aromatic rings. The van der Waals surface area contributed by atoms with E-state index < -0.39 is 38.8 Å². The fraction of sp³-hybridized carbons (Fsp3) is 0.176. The van der Waals surface area contributed by atoms with E-state index >= 15 is 0 Å². The maximum absolute atomic E-state index is 14.7. The normalized spacial score (nSPS) is 11.6. The van der Waals surface area contributed by atoms with Crippen molar-refractivity contribution in [1.29, 1.82) is 0 Å². The van der Waals surface area contributed by atoms with Gasteiger partial charge in [0, 0.05) is 11.6 Å². The maximum Gasteiger partial charge on any atom is 0.261 e. The number of anilines is 2. The summed E-state index contributed by atoms with van der Waals surface area (Å²) in [5.41, 5.74) is -0.790. The highest BCUT2D eigenvalue weighted by Crippen LogP contribution is 2.26. The van der Waals surface area contributed by atoms with Crippen molar-refractivity contribution in [2.45, 2.75) is 13.3 Å². The van der Waals surface area contributed by atoms with Gasteiger partial charge in [-0.1, -0.05) is 18.5 Å². The van der Waals surface area contributed by atoms with Crippen LogP contribution in [-0.4, -0.2) is 30.0 Å². The lowest BCUT2D eigenvalue weighted by atomic mass is 10.1. The Morgan fingerprint density at radius 2 is 2.07 bits per heavy atom. The first kappa shape index (κ1) is 20.0. The minimum absolute atomic E-state index is 0.162. The topological polar surface area (TPSA) is 104 Å². The lowest BCUT2D eigenvalue weighted by Gasteiger charge is -2.12. The van der Waals surface area contributed by atoms with Crippen LogP contribution in [0.2, 0.25) is 5.02 Å². The van der Waals surface area contributed by atoms with Crippen molar-refractivity contribution in [2.24, 2.45) is 0 Å². The van der Waals surface area contributed by atoms with Gasteiger partial charge in [-0.2, -0.15) is 0 Å². The van der Waals surface area contributed by atoms with Crippen molar-refractivity contribution < 1.29 is 22.0 Å². The molecule has 7 nitrogen and oxygen atoms in total. The molecule has 0 aliphatic rings. The number of aromatic amines is 1. The van der Waals surface area contributed by atoms with E-state index in [1.807, 2.05) is 4.72 Å². The maximum atomic E-state index is 14.7. The van der Waals surface area contributed by atoms with Gasteiger partial charge >= 0.3 is 0 Å². The monoisotopic (exact) mass is 428 g/mol. The second-order valence-electron chi connectivity index (χ2n) is 5.92. The lowest BCUT2D eigenvalue weighted by Crippen LogP contribution is -2.20. The van der Waals surface area contributed by atoms with Gasteiger partial charge in [0.2, 0.25) is 10.0 Å². The number of halogens is 3. The Morgan fingerprint density at radius 1 is 1.32 bits per heavy atom. The average molecular weight is 429 g/mol. The Labute approximate surface area is 164 Å². The van der Waals surface area contributed by atoms with E-state index in [0.717, 1.165) is 12.1 Å². The average Bonchev–Trinajstić information content (AvgIpc) is 2.98. The first-order chi connectivity index (χ1) is 13.2. The number of sulfonamides is 1. The minimum atomic E-state index is -3.82. The quantitative estimate of drug-likeness (QED) is 0.553. The van der Waals surface area contributed by atoms with Crippen LogP contribution in [0.4, 0.5) is 20.2 Å². The van der Waals surface area contributed by atoms with Gasteiger partial charge in [0.1, 0.15) is 17.0 Å². The fourth-order valence-electron chi connectivity index (χ4n) is 2.56. The molecule has 1 amide bonds. The molecule has 148 valence electrons. The van der Waals surface area contributed by atoms with Gasteiger partial charge in [-0.3, -0.25) is 9.52 Å². The smallest absolute Gasteiger partial charge is 0.261 e. The van der Waals surface area contributed by atoms with E-state index in [-0.39, 0.29) is 11.4 Å². The van der Waals surface area contributed by atoms with Crippen molar-refractivity contribution in [1.82, 2.24) is 9.97 Å². The van der Waals surface area contributed by atoms with Crippen LogP contribution in [-0.2, 0) is 10.0 Å². The summed E-state index contributed by atoms with van der Waals surface area (Å²) in [6, 6.07) is 3.22.